The predicted molar refractivity (Wildman–Crippen MR) is 102 cm³/mol. The summed E-state index contributed by atoms with van der Waals surface area (Å²) in [4.78, 5) is 22.7. The highest BCUT2D eigenvalue weighted by molar-refractivity contribution is 5.84. The molecule has 0 aromatic carbocycles. The molecule has 4 nitrogen and oxygen atoms in total. The van der Waals surface area contributed by atoms with E-state index in [2.05, 4.69) is 17.7 Å². The zero-order chi connectivity index (χ0) is 19.0. The summed E-state index contributed by atoms with van der Waals surface area (Å²) in [5.41, 5.74) is -1.18. The van der Waals surface area contributed by atoms with Crippen molar-refractivity contribution in [2.75, 3.05) is 7.11 Å². The van der Waals surface area contributed by atoms with Gasteiger partial charge in [0.25, 0.3) is 0 Å². The first kappa shape index (κ1) is 23.8. The van der Waals surface area contributed by atoms with Gasteiger partial charge in [0.15, 0.2) is 5.78 Å². The van der Waals surface area contributed by atoms with Crippen LogP contribution in [0.15, 0.2) is 12.2 Å². The van der Waals surface area contributed by atoms with E-state index in [0.29, 0.717) is 19.3 Å². The number of ketones is 1. The van der Waals surface area contributed by atoms with E-state index in [-0.39, 0.29) is 11.8 Å². The van der Waals surface area contributed by atoms with Crippen LogP contribution in [0.4, 0.5) is 0 Å². The van der Waals surface area contributed by atoms with Gasteiger partial charge in [-0.25, -0.2) is 0 Å². The van der Waals surface area contributed by atoms with E-state index in [1.54, 1.807) is 0 Å². The first-order valence-corrected chi connectivity index (χ1v) is 9.91. The summed E-state index contributed by atoms with van der Waals surface area (Å²) >= 11 is 0. The highest BCUT2D eigenvalue weighted by Gasteiger charge is 2.30. The first-order chi connectivity index (χ1) is 12.0. The summed E-state index contributed by atoms with van der Waals surface area (Å²) in [7, 11) is 1.42. The quantitative estimate of drug-likeness (QED) is 0.237. The summed E-state index contributed by atoms with van der Waals surface area (Å²) in [6.07, 6.45) is 16.1. The third-order valence-corrected chi connectivity index (χ3v) is 4.70. The van der Waals surface area contributed by atoms with E-state index in [0.717, 1.165) is 64.2 Å². The fraction of sp³-hybridized carbons (Fsp3) is 0.810. The number of Topliss-reactive ketones (excluding diaryl/α,β-unsaturated/α-hetero) is 1. The minimum Gasteiger partial charge on any atom is -0.469 e. The normalized spacial score (nSPS) is 13.8. The number of aliphatic hydroxyl groups is 1. The third-order valence-electron chi connectivity index (χ3n) is 4.70. The molecule has 0 bridgehead atoms. The molecule has 0 aliphatic heterocycles. The molecule has 0 aliphatic rings. The van der Waals surface area contributed by atoms with Crippen molar-refractivity contribution < 1.29 is 19.4 Å². The van der Waals surface area contributed by atoms with Crippen LogP contribution in [0.2, 0.25) is 0 Å². The zero-order valence-corrected chi connectivity index (χ0v) is 16.5. The van der Waals surface area contributed by atoms with E-state index in [4.69, 9.17) is 0 Å². The van der Waals surface area contributed by atoms with Crippen molar-refractivity contribution in [1.82, 2.24) is 0 Å². The Bertz CT molecular complexity index is 389. The maximum absolute atomic E-state index is 11.7. The van der Waals surface area contributed by atoms with Gasteiger partial charge in [-0.15, -0.1) is 0 Å². The van der Waals surface area contributed by atoms with Gasteiger partial charge in [0.2, 0.25) is 0 Å². The van der Waals surface area contributed by atoms with E-state index >= 15 is 0 Å². The Labute approximate surface area is 154 Å². The Morgan fingerprint density at radius 3 is 2.24 bits per heavy atom. The number of unbranched alkanes of at least 4 members (excludes halogenated alkanes) is 8. The number of carbonyl (C=O) groups excluding carboxylic acids is 2. The van der Waals surface area contributed by atoms with Gasteiger partial charge in [0.05, 0.1) is 7.11 Å². The maximum Gasteiger partial charge on any atom is 0.305 e. The largest absolute Gasteiger partial charge is 0.469 e. The number of hydrogen-bond acceptors (Lipinski definition) is 4. The van der Waals surface area contributed by atoms with Crippen molar-refractivity contribution in [2.45, 2.75) is 103 Å². The molecule has 0 unspecified atom stereocenters. The molecule has 0 radical (unpaired) electrons. The number of hydrogen-bond donors (Lipinski definition) is 1. The van der Waals surface area contributed by atoms with Gasteiger partial charge in [-0.05, 0) is 32.6 Å². The SMILES string of the molecule is CCCCCC[C@@](O)(CC=CCCCCCCCC(=O)OC)C(C)=O. The maximum atomic E-state index is 11.7. The second-order valence-corrected chi connectivity index (χ2v) is 6.96. The lowest BCUT2D eigenvalue weighted by atomic mass is 9.88. The molecule has 1 N–H and O–H groups in total. The molecule has 0 aromatic rings. The topological polar surface area (TPSA) is 63.6 Å². The molecule has 0 heterocycles. The van der Waals surface area contributed by atoms with Gasteiger partial charge in [-0.2, -0.15) is 0 Å². The molecule has 4 heteroatoms. The molecular weight excluding hydrogens is 316 g/mol. The first-order valence-electron chi connectivity index (χ1n) is 9.91. The second-order valence-electron chi connectivity index (χ2n) is 6.96. The Hall–Kier alpha value is -1.16. The van der Waals surface area contributed by atoms with Crippen molar-refractivity contribution >= 4 is 11.8 Å². The molecule has 0 aliphatic carbocycles. The lowest BCUT2D eigenvalue weighted by Gasteiger charge is -2.23. The number of ether oxygens (including phenoxy) is 1. The van der Waals surface area contributed by atoms with Crippen LogP contribution < -0.4 is 0 Å². The molecule has 146 valence electrons. The van der Waals surface area contributed by atoms with Crippen molar-refractivity contribution in [2.24, 2.45) is 0 Å². The minimum absolute atomic E-state index is 0.126. The molecular formula is C21H38O4. The monoisotopic (exact) mass is 354 g/mol. The summed E-state index contributed by atoms with van der Waals surface area (Å²) in [5.74, 6) is -0.255. The summed E-state index contributed by atoms with van der Waals surface area (Å²) in [6, 6.07) is 0. The van der Waals surface area contributed by atoms with Gasteiger partial charge >= 0.3 is 5.97 Å². The van der Waals surface area contributed by atoms with Gasteiger partial charge in [-0.1, -0.05) is 64.0 Å². The Morgan fingerprint density at radius 2 is 1.60 bits per heavy atom. The Balaban J connectivity index is 3.80. The van der Waals surface area contributed by atoms with E-state index in [9.17, 15) is 14.7 Å². The van der Waals surface area contributed by atoms with Crippen LogP contribution >= 0.6 is 0 Å². The molecule has 0 spiro atoms. The van der Waals surface area contributed by atoms with Crippen molar-refractivity contribution in [3.63, 3.8) is 0 Å². The third kappa shape index (κ3) is 12.8. The van der Waals surface area contributed by atoms with Crippen LogP contribution in [0.1, 0.15) is 97.3 Å². The van der Waals surface area contributed by atoms with Crippen LogP contribution in [0.3, 0.4) is 0 Å². The average Bonchev–Trinajstić information content (AvgIpc) is 2.59. The lowest BCUT2D eigenvalue weighted by molar-refractivity contribution is -0.140. The predicted octanol–water partition coefficient (Wildman–Crippen LogP) is 5.13. The van der Waals surface area contributed by atoms with Crippen LogP contribution in [-0.4, -0.2) is 29.6 Å². The number of esters is 1. The number of carbonyl (C=O) groups is 2. The molecule has 0 saturated heterocycles. The summed E-state index contributed by atoms with van der Waals surface area (Å²) in [5, 5.41) is 10.5. The number of allylic oxidation sites excluding steroid dienone is 1. The van der Waals surface area contributed by atoms with Crippen LogP contribution in [-0.2, 0) is 14.3 Å². The molecule has 0 saturated carbocycles. The van der Waals surface area contributed by atoms with Gasteiger partial charge in [0.1, 0.15) is 5.60 Å². The van der Waals surface area contributed by atoms with E-state index in [1.807, 2.05) is 6.08 Å². The molecule has 0 aromatic heterocycles. The average molecular weight is 355 g/mol. The number of methoxy groups -OCH3 is 1. The van der Waals surface area contributed by atoms with Crippen LogP contribution in [0.5, 0.6) is 0 Å². The fourth-order valence-corrected chi connectivity index (χ4v) is 2.83. The van der Waals surface area contributed by atoms with Gasteiger partial charge < -0.3 is 9.84 Å². The molecule has 25 heavy (non-hydrogen) atoms. The summed E-state index contributed by atoms with van der Waals surface area (Å²) < 4.78 is 4.61. The summed E-state index contributed by atoms with van der Waals surface area (Å²) in [6.45, 7) is 3.64. The Morgan fingerprint density at radius 1 is 0.960 bits per heavy atom. The van der Waals surface area contributed by atoms with Crippen molar-refractivity contribution in [3.05, 3.63) is 12.2 Å². The van der Waals surface area contributed by atoms with E-state index in [1.165, 1.54) is 14.0 Å². The fourth-order valence-electron chi connectivity index (χ4n) is 2.83. The highest BCUT2D eigenvalue weighted by Crippen LogP contribution is 2.22. The van der Waals surface area contributed by atoms with E-state index < -0.39 is 5.60 Å². The standard InChI is InChI=1S/C21H38O4/c1-4-5-6-14-17-21(24,19(2)22)18-15-12-10-8-7-9-11-13-16-20(23)25-3/h12,15,24H,4-11,13-14,16-18H2,1-3H3/t21-/m1/s1. The molecule has 1 atom stereocenters. The molecule has 0 rings (SSSR count). The number of rotatable bonds is 16. The van der Waals surface area contributed by atoms with Crippen LogP contribution in [0, 0.1) is 0 Å². The van der Waals surface area contributed by atoms with Crippen molar-refractivity contribution in [3.8, 4) is 0 Å². The van der Waals surface area contributed by atoms with Gasteiger partial charge in [-0.3, -0.25) is 9.59 Å². The highest BCUT2D eigenvalue weighted by atomic mass is 16.5. The van der Waals surface area contributed by atoms with Crippen molar-refractivity contribution in [1.29, 1.82) is 0 Å². The molecule has 0 amide bonds. The molecule has 0 fully saturated rings. The Kier molecular flexibility index (Phi) is 14.4. The zero-order valence-electron chi connectivity index (χ0n) is 16.5. The van der Waals surface area contributed by atoms with Gasteiger partial charge in [0, 0.05) is 12.8 Å². The smallest absolute Gasteiger partial charge is 0.305 e. The lowest BCUT2D eigenvalue weighted by Crippen LogP contribution is -2.36. The minimum atomic E-state index is -1.18. The second kappa shape index (κ2) is 15.1. The van der Waals surface area contributed by atoms with Crippen LogP contribution in [0.25, 0.3) is 0 Å².